The lowest BCUT2D eigenvalue weighted by Crippen LogP contribution is -2.37. The van der Waals surface area contributed by atoms with Crippen LogP contribution in [0.1, 0.15) is 30.1 Å². The minimum absolute atomic E-state index is 0.165. The van der Waals surface area contributed by atoms with E-state index in [1.54, 1.807) is 0 Å². The first-order valence-electron chi connectivity index (χ1n) is 11.6. The number of aryl methyl sites for hydroxylation is 1. The third kappa shape index (κ3) is 4.63. The maximum Gasteiger partial charge on any atom is 0.228 e. The number of nitrogens with one attached hydrogen (secondary N) is 1. The van der Waals surface area contributed by atoms with Gasteiger partial charge in [0, 0.05) is 49.4 Å². The minimum atomic E-state index is 0.165. The number of imidazole rings is 1. The molecule has 0 radical (unpaired) electrons. The van der Waals surface area contributed by atoms with Crippen LogP contribution in [0.3, 0.4) is 0 Å². The zero-order chi connectivity index (χ0) is 23.5. The molecule has 34 heavy (non-hydrogen) atoms. The van der Waals surface area contributed by atoms with Crippen molar-refractivity contribution >= 4 is 34.3 Å². The number of aromatic nitrogens is 4. The molecule has 2 aromatic carbocycles. The highest BCUT2D eigenvalue weighted by Gasteiger charge is 2.17. The van der Waals surface area contributed by atoms with Gasteiger partial charge in [-0.25, -0.2) is 9.97 Å². The van der Waals surface area contributed by atoms with Crippen molar-refractivity contribution in [2.45, 2.75) is 19.8 Å². The molecule has 1 saturated heterocycles. The SMILES string of the molecule is CCCC(=O)c1ccc(Nc2cc(-c3ccc4ncn(C)c4c3)nc(N3CCOCC3)n2)cc1. The zero-order valence-corrected chi connectivity index (χ0v) is 19.5. The first-order valence-corrected chi connectivity index (χ1v) is 11.6. The fourth-order valence-corrected chi connectivity index (χ4v) is 4.10. The summed E-state index contributed by atoms with van der Waals surface area (Å²) in [5, 5.41) is 3.40. The third-order valence-electron chi connectivity index (χ3n) is 5.99. The number of morpholine rings is 1. The fourth-order valence-electron chi connectivity index (χ4n) is 4.10. The number of carbonyl (C=O) groups excluding carboxylic acids is 1. The molecule has 0 saturated carbocycles. The first-order chi connectivity index (χ1) is 16.6. The van der Waals surface area contributed by atoms with Crippen LogP contribution in [0.25, 0.3) is 22.3 Å². The van der Waals surface area contributed by atoms with Gasteiger partial charge in [0.25, 0.3) is 0 Å². The summed E-state index contributed by atoms with van der Waals surface area (Å²) in [7, 11) is 1.99. The van der Waals surface area contributed by atoms with Crippen molar-refractivity contribution in [3.05, 3.63) is 60.4 Å². The molecule has 0 spiro atoms. The van der Waals surface area contributed by atoms with Crippen molar-refractivity contribution in [3.8, 4) is 11.3 Å². The molecule has 0 aliphatic carbocycles. The second-order valence-corrected chi connectivity index (χ2v) is 8.47. The van der Waals surface area contributed by atoms with Crippen LogP contribution in [0.5, 0.6) is 0 Å². The molecule has 0 bridgehead atoms. The molecule has 8 nitrogen and oxygen atoms in total. The highest BCUT2D eigenvalue weighted by atomic mass is 16.5. The molecule has 0 atom stereocenters. The lowest BCUT2D eigenvalue weighted by molar-refractivity contribution is 0.0981. The van der Waals surface area contributed by atoms with Gasteiger partial charge in [-0.15, -0.1) is 0 Å². The van der Waals surface area contributed by atoms with Crippen molar-refractivity contribution in [2.24, 2.45) is 7.05 Å². The average Bonchev–Trinajstić information content (AvgIpc) is 3.25. The van der Waals surface area contributed by atoms with Crippen LogP contribution in [-0.4, -0.2) is 51.6 Å². The molecule has 1 N–H and O–H groups in total. The van der Waals surface area contributed by atoms with Crippen molar-refractivity contribution in [1.29, 1.82) is 0 Å². The molecule has 0 amide bonds. The number of ether oxygens (including phenoxy) is 1. The van der Waals surface area contributed by atoms with E-state index in [1.807, 2.05) is 67.3 Å². The Bertz CT molecular complexity index is 1310. The van der Waals surface area contributed by atoms with Crippen molar-refractivity contribution in [3.63, 3.8) is 0 Å². The van der Waals surface area contributed by atoms with Crippen LogP contribution in [0.4, 0.5) is 17.5 Å². The van der Waals surface area contributed by atoms with E-state index in [0.29, 0.717) is 31.4 Å². The summed E-state index contributed by atoms with van der Waals surface area (Å²) in [4.78, 5) is 28.4. The molecule has 5 rings (SSSR count). The number of anilines is 3. The third-order valence-corrected chi connectivity index (χ3v) is 5.99. The number of ketones is 1. The zero-order valence-electron chi connectivity index (χ0n) is 19.5. The summed E-state index contributed by atoms with van der Waals surface area (Å²) < 4.78 is 7.52. The molecule has 3 heterocycles. The Hall–Kier alpha value is -3.78. The van der Waals surface area contributed by atoms with Gasteiger partial charge in [0.05, 0.1) is 36.3 Å². The lowest BCUT2D eigenvalue weighted by Gasteiger charge is -2.27. The number of hydrogen-bond donors (Lipinski definition) is 1. The van der Waals surface area contributed by atoms with Gasteiger partial charge in [-0.1, -0.05) is 13.0 Å². The van der Waals surface area contributed by atoms with E-state index in [4.69, 9.17) is 14.7 Å². The Kier molecular flexibility index (Phi) is 6.22. The first kappa shape index (κ1) is 22.0. The van der Waals surface area contributed by atoms with Gasteiger partial charge in [0.2, 0.25) is 5.95 Å². The van der Waals surface area contributed by atoms with Crippen molar-refractivity contribution in [1.82, 2.24) is 19.5 Å². The highest BCUT2D eigenvalue weighted by molar-refractivity contribution is 5.96. The Balaban J connectivity index is 1.49. The number of Topliss-reactive ketones (excluding diaryl/α,β-unsaturated/α-hetero) is 1. The molecule has 4 aromatic rings. The van der Waals surface area contributed by atoms with Crippen LogP contribution >= 0.6 is 0 Å². The quantitative estimate of drug-likeness (QED) is 0.407. The van der Waals surface area contributed by atoms with Gasteiger partial charge in [-0.3, -0.25) is 4.79 Å². The highest BCUT2D eigenvalue weighted by Crippen LogP contribution is 2.28. The maximum atomic E-state index is 12.2. The van der Waals surface area contributed by atoms with Gasteiger partial charge >= 0.3 is 0 Å². The minimum Gasteiger partial charge on any atom is -0.378 e. The molecule has 1 aliphatic rings. The lowest BCUT2D eigenvalue weighted by atomic mass is 10.1. The normalized spacial score (nSPS) is 13.9. The fraction of sp³-hybridized carbons (Fsp3) is 0.308. The van der Waals surface area contributed by atoms with E-state index in [0.717, 1.165) is 53.1 Å². The Morgan fingerprint density at radius 1 is 1.06 bits per heavy atom. The van der Waals surface area contributed by atoms with Crippen LogP contribution in [-0.2, 0) is 11.8 Å². The summed E-state index contributed by atoms with van der Waals surface area (Å²) in [6.45, 7) is 4.82. The standard InChI is InChI=1S/C26H28N6O2/c1-3-4-24(33)18-5-8-20(9-6-18)28-25-16-22(29-26(30-25)32-11-13-34-14-12-32)19-7-10-21-23(15-19)31(2)17-27-21/h5-10,15-17H,3-4,11-14H2,1-2H3,(H,28,29,30). The van der Waals surface area contributed by atoms with Crippen LogP contribution in [0, 0.1) is 0 Å². The molecular formula is C26H28N6O2. The Morgan fingerprint density at radius 2 is 1.85 bits per heavy atom. The Morgan fingerprint density at radius 3 is 2.62 bits per heavy atom. The molecule has 174 valence electrons. The number of rotatable bonds is 7. The molecule has 8 heteroatoms. The van der Waals surface area contributed by atoms with E-state index >= 15 is 0 Å². The van der Waals surface area contributed by atoms with Gasteiger partial charge in [-0.05, 0) is 42.8 Å². The van der Waals surface area contributed by atoms with E-state index in [-0.39, 0.29) is 5.78 Å². The largest absolute Gasteiger partial charge is 0.378 e. The topological polar surface area (TPSA) is 85.2 Å². The van der Waals surface area contributed by atoms with Gasteiger partial charge in [-0.2, -0.15) is 4.98 Å². The summed E-state index contributed by atoms with van der Waals surface area (Å²) in [5.74, 6) is 1.53. The summed E-state index contributed by atoms with van der Waals surface area (Å²) >= 11 is 0. The number of carbonyl (C=O) groups is 1. The van der Waals surface area contributed by atoms with Gasteiger partial charge in [0.15, 0.2) is 5.78 Å². The Labute approximate surface area is 198 Å². The summed E-state index contributed by atoms with van der Waals surface area (Å²) in [5.41, 5.74) is 5.42. The molecule has 1 aliphatic heterocycles. The van der Waals surface area contributed by atoms with Crippen molar-refractivity contribution in [2.75, 3.05) is 36.5 Å². The van der Waals surface area contributed by atoms with E-state index < -0.39 is 0 Å². The predicted molar refractivity (Wildman–Crippen MR) is 134 cm³/mol. The number of nitrogens with zero attached hydrogens (tertiary/aromatic N) is 5. The monoisotopic (exact) mass is 456 g/mol. The summed E-state index contributed by atoms with van der Waals surface area (Å²) in [6, 6.07) is 15.7. The number of fused-ring (bicyclic) bond motifs is 1. The van der Waals surface area contributed by atoms with Crippen LogP contribution in [0.2, 0.25) is 0 Å². The van der Waals surface area contributed by atoms with E-state index in [2.05, 4.69) is 21.3 Å². The second-order valence-electron chi connectivity index (χ2n) is 8.47. The molecule has 0 unspecified atom stereocenters. The maximum absolute atomic E-state index is 12.2. The van der Waals surface area contributed by atoms with Crippen LogP contribution in [0.15, 0.2) is 54.9 Å². The van der Waals surface area contributed by atoms with Crippen molar-refractivity contribution < 1.29 is 9.53 Å². The smallest absolute Gasteiger partial charge is 0.228 e. The van der Waals surface area contributed by atoms with Gasteiger partial charge in [0.1, 0.15) is 5.82 Å². The number of hydrogen-bond acceptors (Lipinski definition) is 7. The molecule has 2 aromatic heterocycles. The van der Waals surface area contributed by atoms with E-state index in [9.17, 15) is 4.79 Å². The van der Waals surface area contributed by atoms with Crippen LogP contribution < -0.4 is 10.2 Å². The summed E-state index contributed by atoms with van der Waals surface area (Å²) in [6.07, 6.45) is 3.22. The predicted octanol–water partition coefficient (Wildman–Crippen LogP) is 4.59. The molecule has 1 fully saturated rings. The molecular weight excluding hydrogens is 428 g/mol. The second kappa shape index (κ2) is 9.61. The van der Waals surface area contributed by atoms with Gasteiger partial charge < -0.3 is 19.5 Å². The average molecular weight is 457 g/mol. The van der Waals surface area contributed by atoms with E-state index in [1.165, 1.54) is 0 Å². The number of benzene rings is 2.